The van der Waals surface area contributed by atoms with Crippen molar-refractivity contribution in [3.05, 3.63) is 53.8 Å². The maximum atomic E-state index is 13.2. The monoisotopic (exact) mass is 407 g/mol. The zero-order chi connectivity index (χ0) is 20.8. The van der Waals surface area contributed by atoms with Crippen molar-refractivity contribution >= 4 is 17.7 Å². The molecule has 1 fully saturated rings. The Bertz CT molecular complexity index is 950. The molecule has 6 nitrogen and oxygen atoms in total. The normalized spacial score (nSPS) is 33.0. The molecule has 5 atom stereocenters. The first-order valence-electron chi connectivity index (χ1n) is 10.7. The van der Waals surface area contributed by atoms with Gasteiger partial charge in [0.15, 0.2) is 5.78 Å². The van der Waals surface area contributed by atoms with Gasteiger partial charge in [0.25, 0.3) is 0 Å². The van der Waals surface area contributed by atoms with E-state index in [-0.39, 0.29) is 35.7 Å². The van der Waals surface area contributed by atoms with Crippen molar-refractivity contribution in [1.82, 2.24) is 4.90 Å². The summed E-state index contributed by atoms with van der Waals surface area (Å²) in [6, 6.07) is 8.99. The highest BCUT2D eigenvalue weighted by Crippen LogP contribution is 2.50. The summed E-state index contributed by atoms with van der Waals surface area (Å²) in [5, 5.41) is 11.2. The van der Waals surface area contributed by atoms with Gasteiger partial charge in [-0.2, -0.15) is 0 Å². The molecule has 156 valence electrons. The molecule has 1 N–H and O–H groups in total. The number of ketones is 2. The van der Waals surface area contributed by atoms with Crippen molar-refractivity contribution in [3.8, 4) is 5.75 Å². The Morgan fingerprint density at radius 2 is 1.90 bits per heavy atom. The van der Waals surface area contributed by atoms with Gasteiger partial charge in [0, 0.05) is 42.3 Å². The Morgan fingerprint density at radius 3 is 2.70 bits per heavy atom. The topological polar surface area (TPSA) is 83.9 Å². The van der Waals surface area contributed by atoms with Crippen LogP contribution in [0.2, 0.25) is 0 Å². The Balaban J connectivity index is 1.45. The molecule has 1 aromatic rings. The number of para-hydroxylation sites is 1. The van der Waals surface area contributed by atoms with Gasteiger partial charge in [-0.3, -0.25) is 14.5 Å². The SMILES string of the molecule is O=C1C=C[C@@H]2[C@H](O)[C@H]3C4=C(CC[C@H]3C(=O)[C@@H]2C1)N(C(=O)Oc1ccccc1)CCC4. The zero-order valence-electron chi connectivity index (χ0n) is 16.7. The van der Waals surface area contributed by atoms with E-state index >= 15 is 0 Å². The molecule has 0 radical (unpaired) electrons. The molecule has 1 heterocycles. The van der Waals surface area contributed by atoms with Crippen LogP contribution in [0.25, 0.3) is 0 Å². The minimum atomic E-state index is -0.711. The van der Waals surface area contributed by atoms with Gasteiger partial charge in [0.2, 0.25) is 0 Å². The largest absolute Gasteiger partial charge is 0.419 e. The minimum Gasteiger partial charge on any atom is -0.410 e. The summed E-state index contributed by atoms with van der Waals surface area (Å²) >= 11 is 0. The van der Waals surface area contributed by atoms with Crippen molar-refractivity contribution < 1.29 is 24.2 Å². The van der Waals surface area contributed by atoms with Crippen molar-refractivity contribution in [2.45, 2.75) is 38.2 Å². The molecule has 1 aromatic carbocycles. The fourth-order valence-corrected chi connectivity index (χ4v) is 5.79. The van der Waals surface area contributed by atoms with E-state index in [1.54, 1.807) is 23.1 Å². The highest BCUT2D eigenvalue weighted by atomic mass is 16.6. The molecule has 5 rings (SSSR count). The van der Waals surface area contributed by atoms with Crippen LogP contribution >= 0.6 is 0 Å². The summed E-state index contributed by atoms with van der Waals surface area (Å²) in [5.41, 5.74) is 1.93. The molecule has 0 spiro atoms. The number of benzene rings is 1. The molecule has 4 aliphatic rings. The van der Waals surface area contributed by atoms with Crippen LogP contribution in [-0.4, -0.2) is 40.3 Å². The lowest BCUT2D eigenvalue weighted by Crippen LogP contribution is -2.54. The van der Waals surface area contributed by atoms with Gasteiger partial charge in [0.1, 0.15) is 11.5 Å². The summed E-state index contributed by atoms with van der Waals surface area (Å²) in [6.45, 7) is 0.576. The lowest BCUT2D eigenvalue weighted by atomic mass is 9.57. The average molecular weight is 407 g/mol. The van der Waals surface area contributed by atoms with E-state index in [2.05, 4.69) is 0 Å². The highest BCUT2D eigenvalue weighted by Gasteiger charge is 2.53. The molecular formula is C24H25NO5. The van der Waals surface area contributed by atoms with Gasteiger partial charge >= 0.3 is 6.09 Å². The van der Waals surface area contributed by atoms with E-state index in [0.29, 0.717) is 25.1 Å². The lowest BCUT2D eigenvalue weighted by molar-refractivity contribution is -0.143. The number of aliphatic hydroxyl groups excluding tert-OH is 1. The summed E-state index contributed by atoms with van der Waals surface area (Å²) < 4.78 is 5.56. The van der Waals surface area contributed by atoms with E-state index < -0.39 is 18.1 Å². The second-order valence-electron chi connectivity index (χ2n) is 8.69. The lowest BCUT2D eigenvalue weighted by Gasteiger charge is -2.49. The van der Waals surface area contributed by atoms with Crippen LogP contribution in [0.3, 0.4) is 0 Å². The number of carbonyl (C=O) groups excluding carboxylic acids is 3. The number of nitrogens with zero attached hydrogens (tertiary/aromatic N) is 1. The maximum absolute atomic E-state index is 13.2. The van der Waals surface area contributed by atoms with Gasteiger partial charge < -0.3 is 9.84 Å². The van der Waals surface area contributed by atoms with Crippen LogP contribution in [-0.2, 0) is 9.59 Å². The standard InChI is InChI=1S/C24H25NO5/c26-14-8-9-16-19(13-14)22(27)18-10-11-20-17(21(18)23(16)28)7-4-12-25(20)24(29)30-15-5-2-1-3-6-15/h1-3,5-6,8-9,16,18-19,21,23,28H,4,7,10-13H2/t16-,18+,19+,21-,23-/m0/s1. The molecule has 0 aromatic heterocycles. The summed E-state index contributed by atoms with van der Waals surface area (Å²) in [5.74, 6) is -0.741. The highest BCUT2D eigenvalue weighted by molar-refractivity contribution is 5.97. The number of hydrogen-bond donors (Lipinski definition) is 1. The molecule has 0 unspecified atom stereocenters. The number of allylic oxidation sites excluding steroid dienone is 2. The van der Waals surface area contributed by atoms with E-state index in [9.17, 15) is 19.5 Å². The summed E-state index contributed by atoms with van der Waals surface area (Å²) in [4.78, 5) is 39.6. The van der Waals surface area contributed by atoms with Crippen molar-refractivity contribution in [2.75, 3.05) is 6.54 Å². The van der Waals surface area contributed by atoms with Gasteiger partial charge in [-0.25, -0.2) is 4.79 Å². The van der Waals surface area contributed by atoms with Crippen molar-refractivity contribution in [2.24, 2.45) is 23.7 Å². The van der Waals surface area contributed by atoms with Crippen LogP contribution in [0.5, 0.6) is 5.75 Å². The Morgan fingerprint density at radius 1 is 1.10 bits per heavy atom. The molecule has 1 saturated carbocycles. The smallest absolute Gasteiger partial charge is 0.410 e. The molecule has 30 heavy (non-hydrogen) atoms. The van der Waals surface area contributed by atoms with Gasteiger partial charge in [-0.1, -0.05) is 24.3 Å². The number of rotatable bonds is 1. The fraction of sp³-hybridized carbons (Fsp3) is 0.458. The second kappa shape index (κ2) is 7.51. The Labute approximate surface area is 175 Å². The predicted octanol–water partition coefficient (Wildman–Crippen LogP) is 3.27. The average Bonchev–Trinajstić information content (AvgIpc) is 2.77. The first-order valence-corrected chi connectivity index (χ1v) is 10.7. The van der Waals surface area contributed by atoms with E-state index in [4.69, 9.17) is 4.74 Å². The number of carbonyl (C=O) groups is 3. The van der Waals surface area contributed by atoms with Gasteiger partial charge in [0.05, 0.1) is 6.10 Å². The van der Waals surface area contributed by atoms with Crippen LogP contribution in [0, 0.1) is 23.7 Å². The number of Topliss-reactive ketones (excluding diaryl/α,β-unsaturated/α-hetero) is 1. The molecule has 0 bridgehead atoms. The molecule has 3 aliphatic carbocycles. The third-order valence-electron chi connectivity index (χ3n) is 7.10. The van der Waals surface area contributed by atoms with Crippen molar-refractivity contribution in [1.29, 1.82) is 0 Å². The molecule has 6 heteroatoms. The van der Waals surface area contributed by atoms with Crippen LogP contribution < -0.4 is 4.74 Å². The predicted molar refractivity (Wildman–Crippen MR) is 108 cm³/mol. The van der Waals surface area contributed by atoms with Crippen molar-refractivity contribution in [3.63, 3.8) is 0 Å². The van der Waals surface area contributed by atoms with E-state index in [0.717, 1.165) is 24.1 Å². The number of fused-ring (bicyclic) bond motifs is 3. The van der Waals surface area contributed by atoms with Crippen LogP contribution in [0.4, 0.5) is 4.79 Å². The molecule has 1 aliphatic heterocycles. The summed E-state index contributed by atoms with van der Waals surface area (Å²) in [7, 11) is 0. The number of ether oxygens (including phenoxy) is 1. The van der Waals surface area contributed by atoms with Gasteiger partial charge in [-0.15, -0.1) is 0 Å². The number of aliphatic hydroxyl groups is 1. The third kappa shape index (κ3) is 3.10. The number of hydrogen-bond acceptors (Lipinski definition) is 5. The zero-order valence-corrected chi connectivity index (χ0v) is 16.7. The Kier molecular flexibility index (Phi) is 4.82. The minimum absolute atomic E-state index is 0.0431. The molecule has 1 amide bonds. The first-order chi connectivity index (χ1) is 14.5. The van der Waals surface area contributed by atoms with Gasteiger partial charge in [-0.05, 0) is 49.5 Å². The molecule has 0 saturated heterocycles. The number of amides is 1. The van der Waals surface area contributed by atoms with E-state index in [1.165, 1.54) is 6.08 Å². The quantitative estimate of drug-likeness (QED) is 0.773. The van der Waals surface area contributed by atoms with Crippen LogP contribution in [0.1, 0.15) is 32.1 Å². The summed E-state index contributed by atoms with van der Waals surface area (Å²) in [6.07, 6.45) is 5.04. The third-order valence-corrected chi connectivity index (χ3v) is 7.10. The van der Waals surface area contributed by atoms with E-state index in [1.807, 2.05) is 18.2 Å². The first kappa shape index (κ1) is 19.2. The fourth-order valence-electron chi connectivity index (χ4n) is 5.79. The Hall–Kier alpha value is -2.73. The maximum Gasteiger partial charge on any atom is 0.419 e. The van der Waals surface area contributed by atoms with Crippen LogP contribution in [0.15, 0.2) is 53.8 Å². The second-order valence-corrected chi connectivity index (χ2v) is 8.69. The molecular weight excluding hydrogens is 382 g/mol.